The molecule has 2 aromatic rings. The summed E-state index contributed by atoms with van der Waals surface area (Å²) in [7, 11) is -3.93. The fourth-order valence-electron chi connectivity index (χ4n) is 2.98. The van der Waals surface area contributed by atoms with Crippen LogP contribution >= 0.6 is 11.6 Å². The fraction of sp³-hybridized carbons (Fsp3) is 0.409. The Hall–Kier alpha value is -2.46. The first-order valence-corrected chi connectivity index (χ1v) is 12.3. The van der Waals surface area contributed by atoms with E-state index in [2.05, 4.69) is 5.32 Å². The zero-order valence-corrected chi connectivity index (χ0v) is 20.1. The third kappa shape index (κ3) is 8.12. The van der Waals surface area contributed by atoms with Gasteiger partial charge >= 0.3 is 6.18 Å². The summed E-state index contributed by atoms with van der Waals surface area (Å²) < 4.78 is 69.8. The number of alkyl halides is 3. The van der Waals surface area contributed by atoms with Crippen LogP contribution < -0.4 is 14.4 Å². The largest absolute Gasteiger partial charge is 0.492 e. The van der Waals surface area contributed by atoms with E-state index in [4.69, 9.17) is 16.3 Å². The highest BCUT2D eigenvalue weighted by Gasteiger charge is 2.32. The normalized spacial score (nSPS) is 11.8. The summed E-state index contributed by atoms with van der Waals surface area (Å²) in [5.74, 6) is 0.358. The number of anilines is 1. The minimum Gasteiger partial charge on any atom is -0.492 e. The molecule has 0 fully saturated rings. The Balaban J connectivity index is 1.89. The molecule has 0 saturated heterocycles. The quantitative estimate of drug-likeness (QED) is 0.473. The van der Waals surface area contributed by atoms with Crippen molar-refractivity contribution in [3.05, 3.63) is 58.1 Å². The van der Waals surface area contributed by atoms with Gasteiger partial charge in [0.2, 0.25) is 15.9 Å². The average molecular weight is 507 g/mol. The number of amides is 1. The molecule has 0 spiro atoms. The number of hydrogen-bond donors (Lipinski definition) is 1. The van der Waals surface area contributed by atoms with Crippen LogP contribution in [0.5, 0.6) is 5.75 Å². The Labute approximate surface area is 196 Å². The molecule has 11 heteroatoms. The molecule has 1 N–H and O–H groups in total. The first-order chi connectivity index (χ1) is 15.3. The number of nitrogens with one attached hydrogen (secondary N) is 1. The molecule has 1 amide bonds. The highest BCUT2D eigenvalue weighted by molar-refractivity contribution is 7.92. The van der Waals surface area contributed by atoms with Gasteiger partial charge in [0, 0.05) is 13.0 Å². The van der Waals surface area contributed by atoms with Crippen LogP contribution in [0.25, 0.3) is 0 Å². The lowest BCUT2D eigenvalue weighted by Crippen LogP contribution is -2.33. The van der Waals surface area contributed by atoms with Crippen LogP contribution in [0.15, 0.2) is 36.4 Å². The highest BCUT2D eigenvalue weighted by atomic mass is 35.5. The van der Waals surface area contributed by atoms with E-state index in [1.165, 1.54) is 0 Å². The van der Waals surface area contributed by atoms with Crippen molar-refractivity contribution in [3.8, 4) is 5.75 Å². The van der Waals surface area contributed by atoms with Crippen molar-refractivity contribution in [2.24, 2.45) is 0 Å². The molecule has 0 heterocycles. The Morgan fingerprint density at radius 2 is 1.82 bits per heavy atom. The number of benzene rings is 2. The molecule has 2 rings (SSSR count). The average Bonchev–Trinajstić information content (AvgIpc) is 2.70. The van der Waals surface area contributed by atoms with Gasteiger partial charge in [-0.1, -0.05) is 17.7 Å². The molecule has 0 radical (unpaired) electrons. The van der Waals surface area contributed by atoms with Crippen molar-refractivity contribution >= 4 is 33.2 Å². The first kappa shape index (κ1) is 26.8. The SMILES string of the molecule is Cc1ccc(OCCNC(=O)CCCN(c2cc(C(F)(F)F)ccc2Cl)S(C)(=O)=O)cc1C. The monoisotopic (exact) mass is 506 g/mol. The summed E-state index contributed by atoms with van der Waals surface area (Å²) in [6.45, 7) is 4.26. The minimum absolute atomic E-state index is 0.0216. The van der Waals surface area contributed by atoms with E-state index in [1.54, 1.807) is 0 Å². The number of nitrogens with zero attached hydrogens (tertiary/aromatic N) is 1. The van der Waals surface area contributed by atoms with Gasteiger partial charge in [-0.2, -0.15) is 13.2 Å². The smallest absolute Gasteiger partial charge is 0.416 e. The highest BCUT2D eigenvalue weighted by Crippen LogP contribution is 2.36. The van der Waals surface area contributed by atoms with Crippen molar-refractivity contribution in [2.45, 2.75) is 32.9 Å². The van der Waals surface area contributed by atoms with E-state index < -0.39 is 21.8 Å². The van der Waals surface area contributed by atoms with Gasteiger partial charge in [-0.15, -0.1) is 0 Å². The van der Waals surface area contributed by atoms with Gasteiger partial charge in [-0.3, -0.25) is 9.10 Å². The number of carbonyl (C=O) groups excluding carboxylic acids is 1. The second-order valence-corrected chi connectivity index (χ2v) is 9.86. The Kier molecular flexibility index (Phi) is 9.02. The molecular weight excluding hydrogens is 481 g/mol. The predicted molar refractivity (Wildman–Crippen MR) is 122 cm³/mol. The maximum Gasteiger partial charge on any atom is 0.416 e. The zero-order valence-electron chi connectivity index (χ0n) is 18.5. The van der Waals surface area contributed by atoms with Crippen molar-refractivity contribution in [1.82, 2.24) is 5.32 Å². The maximum atomic E-state index is 13.0. The standard InChI is InChI=1S/C22H26ClF3N2O4S/c1-15-6-8-18(13-16(15)2)32-12-10-27-21(29)5-4-11-28(33(3,30)31)20-14-17(22(24,25)26)7-9-19(20)23/h6-9,13-14H,4-5,10-12H2,1-3H3,(H,27,29). The van der Waals surface area contributed by atoms with E-state index >= 15 is 0 Å². The molecule has 33 heavy (non-hydrogen) atoms. The van der Waals surface area contributed by atoms with Crippen molar-refractivity contribution in [3.63, 3.8) is 0 Å². The molecule has 0 aliphatic carbocycles. The van der Waals surface area contributed by atoms with Crippen LogP contribution in [-0.4, -0.2) is 40.3 Å². The lowest BCUT2D eigenvalue weighted by atomic mass is 10.1. The van der Waals surface area contributed by atoms with E-state index in [0.29, 0.717) is 11.8 Å². The van der Waals surface area contributed by atoms with Crippen LogP contribution in [0, 0.1) is 13.8 Å². The number of hydrogen-bond acceptors (Lipinski definition) is 4. The molecular formula is C22H26ClF3N2O4S. The Morgan fingerprint density at radius 1 is 1.12 bits per heavy atom. The van der Waals surface area contributed by atoms with Gasteiger partial charge < -0.3 is 10.1 Å². The van der Waals surface area contributed by atoms with Crippen LogP contribution in [-0.2, 0) is 21.0 Å². The van der Waals surface area contributed by atoms with Crippen LogP contribution in [0.3, 0.4) is 0 Å². The number of carbonyl (C=O) groups is 1. The molecule has 0 atom stereocenters. The lowest BCUT2D eigenvalue weighted by molar-refractivity contribution is -0.137. The van der Waals surface area contributed by atoms with Gasteiger partial charge in [0.1, 0.15) is 12.4 Å². The van der Waals surface area contributed by atoms with Crippen LogP contribution in [0.1, 0.15) is 29.5 Å². The first-order valence-electron chi connectivity index (χ1n) is 10.1. The van der Waals surface area contributed by atoms with E-state index in [9.17, 15) is 26.4 Å². The summed E-state index contributed by atoms with van der Waals surface area (Å²) >= 11 is 5.98. The number of aryl methyl sites for hydroxylation is 2. The molecule has 0 aliphatic rings. The molecule has 6 nitrogen and oxygen atoms in total. The topological polar surface area (TPSA) is 75.7 Å². The fourth-order valence-corrected chi connectivity index (χ4v) is 4.22. The van der Waals surface area contributed by atoms with Crippen LogP contribution in [0.4, 0.5) is 18.9 Å². The summed E-state index contributed by atoms with van der Waals surface area (Å²) in [5, 5.41) is 2.53. The van der Waals surface area contributed by atoms with E-state index in [1.807, 2.05) is 32.0 Å². The molecule has 182 valence electrons. The van der Waals surface area contributed by atoms with Gasteiger partial charge in [-0.05, 0) is 61.7 Å². The zero-order chi connectivity index (χ0) is 24.8. The van der Waals surface area contributed by atoms with Gasteiger partial charge in [0.05, 0.1) is 29.1 Å². The van der Waals surface area contributed by atoms with Crippen molar-refractivity contribution < 1.29 is 31.1 Å². The second kappa shape index (κ2) is 11.1. The molecule has 2 aromatic carbocycles. The van der Waals surface area contributed by atoms with Crippen molar-refractivity contribution in [2.75, 3.05) is 30.3 Å². The molecule has 0 unspecified atom stereocenters. The Bertz CT molecular complexity index is 1090. The summed E-state index contributed by atoms with van der Waals surface area (Å²) in [5.41, 5.74) is 0.936. The maximum absolute atomic E-state index is 13.0. The van der Waals surface area contributed by atoms with Crippen LogP contribution in [0.2, 0.25) is 5.02 Å². The van der Waals surface area contributed by atoms with Gasteiger partial charge in [0.15, 0.2) is 0 Å². The minimum atomic E-state index is -4.65. The summed E-state index contributed by atoms with van der Waals surface area (Å²) in [6.07, 6.45) is -3.72. The lowest BCUT2D eigenvalue weighted by Gasteiger charge is -2.24. The van der Waals surface area contributed by atoms with Gasteiger partial charge in [0.25, 0.3) is 0 Å². The Morgan fingerprint density at radius 3 is 2.42 bits per heavy atom. The summed E-state index contributed by atoms with van der Waals surface area (Å²) in [4.78, 5) is 12.1. The van der Waals surface area contributed by atoms with E-state index in [-0.39, 0.29) is 49.2 Å². The van der Waals surface area contributed by atoms with E-state index in [0.717, 1.165) is 33.8 Å². The van der Waals surface area contributed by atoms with Crippen molar-refractivity contribution in [1.29, 1.82) is 0 Å². The van der Waals surface area contributed by atoms with Gasteiger partial charge in [-0.25, -0.2) is 8.42 Å². The molecule has 0 aromatic heterocycles. The third-order valence-electron chi connectivity index (χ3n) is 4.88. The number of halogens is 4. The molecule has 0 aliphatic heterocycles. The summed E-state index contributed by atoms with van der Waals surface area (Å²) in [6, 6.07) is 8.14. The molecule has 0 bridgehead atoms. The number of sulfonamides is 1. The third-order valence-corrected chi connectivity index (χ3v) is 6.38. The number of rotatable bonds is 10. The predicted octanol–water partition coefficient (Wildman–Crippen LogP) is 4.72. The molecule has 0 saturated carbocycles. The number of ether oxygens (including phenoxy) is 1. The second-order valence-electron chi connectivity index (χ2n) is 7.55.